The minimum Gasteiger partial charge on any atom is -0.497 e. The number of hydrogen-bond donors (Lipinski definition) is 1. The zero-order valence-electron chi connectivity index (χ0n) is 19.3. The molecule has 1 saturated heterocycles. The van der Waals surface area contributed by atoms with Gasteiger partial charge < -0.3 is 15.0 Å². The number of carbonyl (C=O) groups excluding carboxylic acids is 2. The van der Waals surface area contributed by atoms with E-state index in [2.05, 4.69) is 5.32 Å². The molecule has 182 valence electrons. The fourth-order valence-electron chi connectivity index (χ4n) is 4.08. The molecule has 2 aliphatic heterocycles. The van der Waals surface area contributed by atoms with Gasteiger partial charge in [0.25, 0.3) is 0 Å². The maximum absolute atomic E-state index is 13.2. The minimum atomic E-state index is -3.65. The Bertz CT molecular complexity index is 1180. The number of amides is 2. The van der Waals surface area contributed by atoms with Gasteiger partial charge in [0, 0.05) is 36.2 Å². The molecule has 2 heterocycles. The number of thioether (sulfide) groups is 1. The largest absolute Gasteiger partial charge is 0.497 e. The first-order valence-corrected chi connectivity index (χ1v) is 13.7. The summed E-state index contributed by atoms with van der Waals surface area (Å²) in [5.74, 6) is 0.433. The Labute approximate surface area is 204 Å². The minimum absolute atomic E-state index is 0.151. The van der Waals surface area contributed by atoms with E-state index in [0.29, 0.717) is 36.8 Å². The summed E-state index contributed by atoms with van der Waals surface area (Å²) >= 11 is 1.50. The fourth-order valence-corrected chi connectivity index (χ4v) is 6.68. The number of anilines is 1. The smallest absolute Gasteiger partial charge is 0.243 e. The number of nitrogens with one attached hydrogen (secondary N) is 1. The molecule has 0 aromatic heterocycles. The molecule has 0 spiro atoms. The predicted molar refractivity (Wildman–Crippen MR) is 132 cm³/mol. The van der Waals surface area contributed by atoms with Crippen molar-refractivity contribution in [3.63, 3.8) is 0 Å². The maximum atomic E-state index is 13.2. The molecule has 0 aliphatic carbocycles. The Morgan fingerprint density at radius 1 is 1.18 bits per heavy atom. The molecule has 8 nitrogen and oxygen atoms in total. The van der Waals surface area contributed by atoms with E-state index in [1.807, 2.05) is 31.2 Å². The van der Waals surface area contributed by atoms with Crippen LogP contribution in [0, 0.1) is 5.92 Å². The van der Waals surface area contributed by atoms with Gasteiger partial charge in [0.1, 0.15) is 12.3 Å². The molecule has 10 heteroatoms. The van der Waals surface area contributed by atoms with E-state index in [-0.39, 0.29) is 29.2 Å². The highest BCUT2D eigenvalue weighted by Gasteiger charge is 2.33. The van der Waals surface area contributed by atoms with E-state index in [9.17, 15) is 18.0 Å². The Morgan fingerprint density at radius 3 is 2.68 bits per heavy atom. The molecule has 4 rings (SSSR count). The SMILES string of the molecule is COc1cccc(CNC(=O)CN2C(=O)[C@@H](C)CSc3ccc(S(=O)(=O)N4CCCC4)cc32)c1. The van der Waals surface area contributed by atoms with E-state index in [4.69, 9.17) is 4.74 Å². The second-order valence-electron chi connectivity index (χ2n) is 8.51. The second kappa shape index (κ2) is 10.4. The van der Waals surface area contributed by atoms with E-state index in [1.165, 1.54) is 21.0 Å². The van der Waals surface area contributed by atoms with Crippen molar-refractivity contribution in [1.82, 2.24) is 9.62 Å². The van der Waals surface area contributed by atoms with E-state index >= 15 is 0 Å². The van der Waals surface area contributed by atoms with Crippen LogP contribution in [0.4, 0.5) is 5.69 Å². The number of rotatable bonds is 7. The summed E-state index contributed by atoms with van der Waals surface area (Å²) in [6, 6.07) is 12.3. The van der Waals surface area contributed by atoms with Crippen molar-refractivity contribution >= 4 is 39.3 Å². The first kappa shape index (κ1) is 24.6. The van der Waals surface area contributed by atoms with Crippen LogP contribution in [0.1, 0.15) is 25.3 Å². The van der Waals surface area contributed by atoms with Crippen molar-refractivity contribution in [2.75, 3.05) is 37.4 Å². The van der Waals surface area contributed by atoms with Gasteiger partial charge in [-0.05, 0) is 48.7 Å². The predicted octanol–water partition coefficient (Wildman–Crippen LogP) is 2.87. The van der Waals surface area contributed by atoms with Gasteiger partial charge >= 0.3 is 0 Å². The van der Waals surface area contributed by atoms with Crippen molar-refractivity contribution in [2.45, 2.75) is 36.1 Å². The monoisotopic (exact) mass is 503 g/mol. The van der Waals surface area contributed by atoms with Crippen LogP contribution in [0.15, 0.2) is 52.3 Å². The van der Waals surface area contributed by atoms with Crippen LogP contribution < -0.4 is 15.0 Å². The van der Waals surface area contributed by atoms with Gasteiger partial charge in [-0.15, -0.1) is 11.8 Å². The van der Waals surface area contributed by atoms with E-state index in [0.717, 1.165) is 23.3 Å². The fraction of sp³-hybridized carbons (Fsp3) is 0.417. The summed E-state index contributed by atoms with van der Waals surface area (Å²) in [5.41, 5.74) is 1.34. The van der Waals surface area contributed by atoms with Gasteiger partial charge in [-0.1, -0.05) is 19.1 Å². The summed E-state index contributed by atoms with van der Waals surface area (Å²) in [7, 11) is -2.07. The normalized spacial score (nSPS) is 18.9. The molecule has 2 aromatic carbocycles. The second-order valence-corrected chi connectivity index (χ2v) is 11.5. The quantitative estimate of drug-likeness (QED) is 0.624. The molecule has 1 atom stereocenters. The molecule has 1 N–H and O–H groups in total. The molecular formula is C24H29N3O5S2. The number of hydrogen-bond acceptors (Lipinski definition) is 6. The van der Waals surface area contributed by atoms with E-state index in [1.54, 1.807) is 25.3 Å². The number of nitrogens with zero attached hydrogens (tertiary/aromatic N) is 2. The van der Waals surface area contributed by atoms with Crippen molar-refractivity contribution in [2.24, 2.45) is 5.92 Å². The molecule has 1 fully saturated rings. The van der Waals surface area contributed by atoms with Crippen LogP contribution in [0.25, 0.3) is 0 Å². The van der Waals surface area contributed by atoms with Crippen molar-refractivity contribution < 1.29 is 22.7 Å². The standard InChI is InChI=1S/C24H29N3O5S2/c1-17-16-33-22-9-8-20(34(30,31)26-10-3-4-11-26)13-21(22)27(24(17)29)15-23(28)25-14-18-6-5-7-19(12-18)32-2/h5-9,12-13,17H,3-4,10-11,14-16H2,1-2H3,(H,25,28)/t17-/m0/s1. The highest BCUT2D eigenvalue weighted by Crippen LogP contribution is 2.38. The molecule has 0 saturated carbocycles. The summed E-state index contributed by atoms with van der Waals surface area (Å²) in [6.07, 6.45) is 1.69. The van der Waals surface area contributed by atoms with Crippen LogP contribution in [0.3, 0.4) is 0 Å². The number of benzene rings is 2. The third kappa shape index (κ3) is 5.24. The van der Waals surface area contributed by atoms with Gasteiger partial charge in [0.05, 0.1) is 17.7 Å². The molecular weight excluding hydrogens is 474 g/mol. The molecule has 2 aliphatic rings. The third-order valence-corrected chi connectivity index (χ3v) is 9.24. The van der Waals surface area contributed by atoms with Crippen LogP contribution in [-0.4, -0.2) is 57.0 Å². The number of carbonyl (C=O) groups is 2. The molecule has 34 heavy (non-hydrogen) atoms. The number of fused-ring (bicyclic) bond motifs is 1. The van der Waals surface area contributed by atoms with Gasteiger partial charge in [-0.2, -0.15) is 4.31 Å². The maximum Gasteiger partial charge on any atom is 0.243 e. The first-order chi connectivity index (χ1) is 16.3. The molecule has 0 radical (unpaired) electrons. The summed E-state index contributed by atoms with van der Waals surface area (Å²) in [4.78, 5) is 28.4. The lowest BCUT2D eigenvalue weighted by atomic mass is 10.1. The van der Waals surface area contributed by atoms with Crippen molar-refractivity contribution in [3.05, 3.63) is 48.0 Å². The van der Waals surface area contributed by atoms with Crippen LogP contribution >= 0.6 is 11.8 Å². The van der Waals surface area contributed by atoms with Gasteiger partial charge in [0.15, 0.2) is 0 Å². The Morgan fingerprint density at radius 2 is 1.94 bits per heavy atom. The summed E-state index contributed by atoms with van der Waals surface area (Å²) < 4.78 is 32.9. The highest BCUT2D eigenvalue weighted by molar-refractivity contribution is 7.99. The Balaban J connectivity index is 1.57. The van der Waals surface area contributed by atoms with Crippen molar-refractivity contribution in [3.8, 4) is 5.75 Å². The molecule has 0 bridgehead atoms. The molecule has 0 unspecified atom stereocenters. The van der Waals surface area contributed by atoms with Crippen LogP contribution in [0.2, 0.25) is 0 Å². The number of ether oxygens (including phenoxy) is 1. The lowest BCUT2D eigenvalue weighted by Gasteiger charge is -2.25. The van der Waals surface area contributed by atoms with Gasteiger partial charge in [-0.25, -0.2) is 8.42 Å². The lowest BCUT2D eigenvalue weighted by Crippen LogP contribution is -2.43. The summed E-state index contributed by atoms with van der Waals surface area (Å²) in [5, 5.41) is 2.85. The zero-order valence-corrected chi connectivity index (χ0v) is 21.0. The first-order valence-electron chi connectivity index (χ1n) is 11.3. The van der Waals surface area contributed by atoms with Gasteiger partial charge in [0.2, 0.25) is 21.8 Å². The molecule has 2 aromatic rings. The topological polar surface area (TPSA) is 96.0 Å². The average molecular weight is 504 g/mol. The zero-order chi connectivity index (χ0) is 24.3. The molecule has 2 amide bonds. The third-order valence-electron chi connectivity index (χ3n) is 6.03. The Hall–Kier alpha value is -2.56. The Kier molecular flexibility index (Phi) is 7.49. The summed E-state index contributed by atoms with van der Waals surface area (Å²) in [6.45, 7) is 2.93. The average Bonchev–Trinajstić information content (AvgIpc) is 3.37. The van der Waals surface area contributed by atoms with E-state index < -0.39 is 10.0 Å². The van der Waals surface area contributed by atoms with Gasteiger partial charge in [-0.3, -0.25) is 9.59 Å². The van der Waals surface area contributed by atoms with Crippen molar-refractivity contribution in [1.29, 1.82) is 0 Å². The highest BCUT2D eigenvalue weighted by atomic mass is 32.2. The van der Waals surface area contributed by atoms with Crippen LogP contribution in [-0.2, 0) is 26.2 Å². The number of methoxy groups -OCH3 is 1. The van der Waals surface area contributed by atoms with Crippen LogP contribution in [0.5, 0.6) is 5.75 Å². The number of sulfonamides is 1. The lowest BCUT2D eigenvalue weighted by molar-refractivity contribution is -0.125.